The number of hydrogen-bond acceptors (Lipinski definition) is 8. The highest BCUT2D eigenvalue weighted by atomic mass is 32.1. The van der Waals surface area contributed by atoms with Crippen LogP contribution in [0.25, 0.3) is 10.6 Å². The molecule has 3 aromatic rings. The van der Waals surface area contributed by atoms with Gasteiger partial charge in [-0.15, -0.1) is 21.5 Å². The third kappa shape index (κ3) is 4.12. The van der Waals surface area contributed by atoms with E-state index in [1.165, 1.54) is 22.7 Å². The number of nitrogens with one attached hydrogen (secondary N) is 1. The van der Waals surface area contributed by atoms with Gasteiger partial charge in [-0.1, -0.05) is 11.3 Å². The summed E-state index contributed by atoms with van der Waals surface area (Å²) in [6.07, 6.45) is 0.183. The lowest BCUT2D eigenvalue weighted by Crippen LogP contribution is -2.14. The van der Waals surface area contributed by atoms with E-state index in [1.54, 1.807) is 14.2 Å². The van der Waals surface area contributed by atoms with Gasteiger partial charge in [0.05, 0.1) is 26.3 Å². The van der Waals surface area contributed by atoms with Crippen LogP contribution in [-0.2, 0) is 11.2 Å². The lowest BCUT2D eigenvalue weighted by molar-refractivity contribution is -0.115. The summed E-state index contributed by atoms with van der Waals surface area (Å²) in [5.41, 5.74) is 1.61. The van der Waals surface area contributed by atoms with Crippen LogP contribution in [0.4, 0.5) is 5.13 Å². The minimum absolute atomic E-state index is 0.166. The summed E-state index contributed by atoms with van der Waals surface area (Å²) in [6.45, 7) is 1.84. The molecule has 1 amide bonds. The van der Waals surface area contributed by atoms with Crippen LogP contribution in [0.3, 0.4) is 0 Å². The monoisotopic (exact) mass is 376 g/mol. The molecular formula is C16H16N4O3S2. The van der Waals surface area contributed by atoms with Gasteiger partial charge in [0.2, 0.25) is 11.0 Å². The van der Waals surface area contributed by atoms with Crippen molar-refractivity contribution in [3.05, 3.63) is 34.3 Å². The molecule has 0 saturated heterocycles. The summed E-state index contributed by atoms with van der Waals surface area (Å²) < 4.78 is 10.6. The molecule has 9 heteroatoms. The average Bonchev–Trinajstić information content (AvgIpc) is 3.23. The number of carbonyl (C=O) groups excluding carboxylic acids is 1. The molecule has 0 radical (unpaired) electrons. The van der Waals surface area contributed by atoms with Gasteiger partial charge in [0.1, 0.15) is 10.0 Å². The highest BCUT2D eigenvalue weighted by Crippen LogP contribution is 2.33. The van der Waals surface area contributed by atoms with Crippen molar-refractivity contribution in [2.45, 2.75) is 13.3 Å². The van der Waals surface area contributed by atoms with Crippen molar-refractivity contribution < 1.29 is 14.3 Å². The predicted octanol–water partition coefficient (Wildman–Crippen LogP) is 3.17. The maximum atomic E-state index is 12.1. The quantitative estimate of drug-likeness (QED) is 0.711. The van der Waals surface area contributed by atoms with E-state index in [4.69, 9.17) is 9.47 Å². The van der Waals surface area contributed by atoms with E-state index < -0.39 is 0 Å². The minimum atomic E-state index is -0.166. The second-order valence-electron chi connectivity index (χ2n) is 5.06. The number of anilines is 1. The minimum Gasteiger partial charge on any atom is -0.493 e. The van der Waals surface area contributed by atoms with Crippen LogP contribution in [0.1, 0.15) is 10.7 Å². The van der Waals surface area contributed by atoms with Gasteiger partial charge in [-0.25, -0.2) is 4.98 Å². The van der Waals surface area contributed by atoms with Crippen LogP contribution in [-0.4, -0.2) is 35.3 Å². The maximum absolute atomic E-state index is 12.1. The van der Waals surface area contributed by atoms with E-state index >= 15 is 0 Å². The second kappa shape index (κ2) is 7.58. The molecule has 3 rings (SSSR count). The summed E-state index contributed by atoms with van der Waals surface area (Å²) in [7, 11) is 3.19. The Labute approximate surface area is 152 Å². The number of thiazole rings is 1. The zero-order valence-corrected chi connectivity index (χ0v) is 15.5. The third-order valence-corrected chi connectivity index (χ3v) is 4.99. The Kier molecular flexibility index (Phi) is 5.25. The van der Waals surface area contributed by atoms with Crippen molar-refractivity contribution >= 4 is 33.7 Å². The summed E-state index contributed by atoms with van der Waals surface area (Å²) >= 11 is 2.81. The van der Waals surface area contributed by atoms with E-state index in [2.05, 4.69) is 20.5 Å². The van der Waals surface area contributed by atoms with E-state index in [0.29, 0.717) is 22.3 Å². The molecule has 25 heavy (non-hydrogen) atoms. The third-order valence-electron chi connectivity index (χ3n) is 3.30. The summed E-state index contributed by atoms with van der Waals surface area (Å²) in [5, 5.41) is 14.5. The fraction of sp³-hybridized carbons (Fsp3) is 0.250. The zero-order valence-electron chi connectivity index (χ0n) is 13.9. The molecule has 0 spiro atoms. The Hall–Kier alpha value is -2.52. The van der Waals surface area contributed by atoms with Crippen LogP contribution in [0.15, 0.2) is 23.6 Å². The fourth-order valence-corrected chi connectivity index (χ4v) is 3.59. The first-order valence-electron chi connectivity index (χ1n) is 7.36. The largest absolute Gasteiger partial charge is 0.493 e. The van der Waals surface area contributed by atoms with Crippen molar-refractivity contribution in [3.8, 4) is 22.1 Å². The van der Waals surface area contributed by atoms with Crippen molar-refractivity contribution in [3.63, 3.8) is 0 Å². The summed E-state index contributed by atoms with van der Waals surface area (Å²) in [6, 6.07) is 5.61. The van der Waals surface area contributed by atoms with Crippen molar-refractivity contribution in [2.75, 3.05) is 19.5 Å². The first-order valence-corrected chi connectivity index (χ1v) is 9.05. The molecule has 0 unspecified atom stereocenters. The van der Waals surface area contributed by atoms with Crippen LogP contribution in [0, 0.1) is 6.92 Å². The molecule has 2 aromatic heterocycles. The molecule has 7 nitrogen and oxygen atoms in total. The lowest BCUT2D eigenvalue weighted by Gasteiger charge is -2.08. The number of methoxy groups -OCH3 is 2. The molecule has 0 aliphatic carbocycles. The molecule has 1 aromatic carbocycles. The van der Waals surface area contributed by atoms with Crippen LogP contribution in [0.5, 0.6) is 11.5 Å². The summed E-state index contributed by atoms with van der Waals surface area (Å²) in [5.74, 6) is 1.14. The molecule has 0 atom stereocenters. The molecular weight excluding hydrogens is 360 g/mol. The first kappa shape index (κ1) is 17.3. The molecule has 1 N–H and O–H groups in total. The van der Waals surface area contributed by atoms with Gasteiger partial charge in [-0.3, -0.25) is 4.79 Å². The maximum Gasteiger partial charge on any atom is 0.232 e. The van der Waals surface area contributed by atoms with Crippen molar-refractivity contribution in [1.29, 1.82) is 0 Å². The van der Waals surface area contributed by atoms with E-state index in [1.807, 2.05) is 30.5 Å². The number of aryl methyl sites for hydroxylation is 1. The molecule has 0 aliphatic rings. The van der Waals surface area contributed by atoms with Gasteiger partial charge in [0.15, 0.2) is 11.5 Å². The Balaban J connectivity index is 1.70. The standard InChI is InChI=1S/C16H16N4O3S2/c1-9-19-20-16(25-9)18-14(21)7-11-8-24-15(17-11)10-4-5-12(22-2)13(6-10)23-3/h4-6,8H,7H2,1-3H3,(H,18,20,21). The Morgan fingerprint density at radius 2 is 2.00 bits per heavy atom. The van der Waals surface area contributed by atoms with Gasteiger partial charge >= 0.3 is 0 Å². The number of benzene rings is 1. The number of nitrogens with zero attached hydrogens (tertiary/aromatic N) is 3. The van der Waals surface area contributed by atoms with Crippen LogP contribution < -0.4 is 14.8 Å². The highest BCUT2D eigenvalue weighted by molar-refractivity contribution is 7.15. The number of carbonyl (C=O) groups is 1. The molecule has 130 valence electrons. The van der Waals surface area contributed by atoms with Crippen LogP contribution >= 0.6 is 22.7 Å². The van der Waals surface area contributed by atoms with Crippen molar-refractivity contribution in [1.82, 2.24) is 15.2 Å². The van der Waals surface area contributed by atoms with Gasteiger partial charge in [0.25, 0.3) is 0 Å². The molecule has 0 bridgehead atoms. The Morgan fingerprint density at radius 1 is 1.20 bits per heavy atom. The molecule has 0 fully saturated rings. The smallest absolute Gasteiger partial charge is 0.232 e. The Bertz CT molecular complexity index is 891. The SMILES string of the molecule is COc1ccc(-c2nc(CC(=O)Nc3nnc(C)s3)cs2)cc1OC. The number of ether oxygens (including phenoxy) is 2. The van der Waals surface area contributed by atoms with E-state index in [9.17, 15) is 4.79 Å². The van der Waals surface area contributed by atoms with Crippen LogP contribution in [0.2, 0.25) is 0 Å². The molecule has 0 aliphatic heterocycles. The average molecular weight is 376 g/mol. The van der Waals surface area contributed by atoms with Gasteiger partial charge in [0, 0.05) is 10.9 Å². The fourth-order valence-electron chi connectivity index (χ4n) is 2.17. The number of rotatable bonds is 6. The Morgan fingerprint density at radius 3 is 2.68 bits per heavy atom. The zero-order chi connectivity index (χ0) is 17.8. The van der Waals surface area contributed by atoms with Crippen molar-refractivity contribution in [2.24, 2.45) is 0 Å². The normalized spacial score (nSPS) is 10.5. The highest BCUT2D eigenvalue weighted by Gasteiger charge is 2.13. The lowest BCUT2D eigenvalue weighted by atomic mass is 10.2. The van der Waals surface area contributed by atoms with Gasteiger partial charge in [-0.2, -0.15) is 0 Å². The molecule has 0 saturated carbocycles. The van der Waals surface area contributed by atoms with E-state index in [0.717, 1.165) is 15.6 Å². The summed E-state index contributed by atoms with van der Waals surface area (Å²) in [4.78, 5) is 16.6. The predicted molar refractivity (Wildman–Crippen MR) is 97.6 cm³/mol. The topological polar surface area (TPSA) is 86.2 Å². The van der Waals surface area contributed by atoms with Gasteiger partial charge < -0.3 is 14.8 Å². The molecule has 2 heterocycles. The van der Waals surface area contributed by atoms with Gasteiger partial charge in [-0.05, 0) is 25.1 Å². The number of hydrogen-bond donors (Lipinski definition) is 1. The number of amides is 1. The first-order chi connectivity index (χ1) is 12.1. The van der Waals surface area contributed by atoms with E-state index in [-0.39, 0.29) is 12.3 Å². The number of aromatic nitrogens is 3. The second-order valence-corrected chi connectivity index (χ2v) is 7.10.